The van der Waals surface area contributed by atoms with Gasteiger partial charge in [0.1, 0.15) is 11.6 Å². The van der Waals surface area contributed by atoms with Gasteiger partial charge in [-0.05, 0) is 36.2 Å². The summed E-state index contributed by atoms with van der Waals surface area (Å²) in [5.74, 6) is 0.829. The molecule has 0 aliphatic carbocycles. The number of fused-ring (bicyclic) bond motifs is 1. The number of aryl methyl sites for hydroxylation is 3. The molecule has 3 rings (SSSR count). The Balaban J connectivity index is 1.88. The standard InChI is InChI=1S/C16H14BrFN2/c1-20-15-8-7-12(17)10-14(15)19-16(20)9-6-11-4-2-3-5-13(11)18/h2-5,7-8,10H,6,9H2,1H3. The molecule has 20 heavy (non-hydrogen) atoms. The Morgan fingerprint density at radius 3 is 2.75 bits per heavy atom. The van der Waals surface area contributed by atoms with Crippen LogP contribution in [0.3, 0.4) is 0 Å². The van der Waals surface area contributed by atoms with E-state index in [1.165, 1.54) is 6.07 Å². The van der Waals surface area contributed by atoms with Gasteiger partial charge in [-0.3, -0.25) is 0 Å². The Kier molecular flexibility index (Phi) is 3.57. The van der Waals surface area contributed by atoms with Gasteiger partial charge in [-0.2, -0.15) is 0 Å². The summed E-state index contributed by atoms with van der Waals surface area (Å²) in [6.45, 7) is 0. The first-order valence-electron chi connectivity index (χ1n) is 6.49. The van der Waals surface area contributed by atoms with E-state index in [0.717, 1.165) is 33.3 Å². The van der Waals surface area contributed by atoms with E-state index in [9.17, 15) is 4.39 Å². The van der Waals surface area contributed by atoms with Gasteiger partial charge in [0.2, 0.25) is 0 Å². The van der Waals surface area contributed by atoms with Crippen LogP contribution in [0.25, 0.3) is 11.0 Å². The molecule has 0 N–H and O–H groups in total. The van der Waals surface area contributed by atoms with Crippen molar-refractivity contribution in [2.75, 3.05) is 0 Å². The highest BCUT2D eigenvalue weighted by atomic mass is 79.9. The summed E-state index contributed by atoms with van der Waals surface area (Å²) in [6, 6.07) is 13.0. The molecule has 0 aliphatic rings. The van der Waals surface area contributed by atoms with Crippen LogP contribution in [-0.4, -0.2) is 9.55 Å². The maximum atomic E-state index is 13.6. The van der Waals surface area contributed by atoms with Gasteiger partial charge in [0.15, 0.2) is 0 Å². The lowest BCUT2D eigenvalue weighted by molar-refractivity contribution is 0.606. The van der Waals surface area contributed by atoms with Crippen molar-refractivity contribution in [3.8, 4) is 0 Å². The zero-order valence-corrected chi connectivity index (χ0v) is 12.7. The second kappa shape index (κ2) is 5.37. The van der Waals surface area contributed by atoms with E-state index in [1.807, 2.05) is 37.4 Å². The second-order valence-corrected chi connectivity index (χ2v) is 5.73. The second-order valence-electron chi connectivity index (χ2n) is 4.81. The molecular weight excluding hydrogens is 319 g/mol. The van der Waals surface area contributed by atoms with Crippen LogP contribution in [0.1, 0.15) is 11.4 Å². The minimum Gasteiger partial charge on any atom is -0.331 e. The topological polar surface area (TPSA) is 17.8 Å². The van der Waals surface area contributed by atoms with Crippen molar-refractivity contribution in [2.45, 2.75) is 12.8 Å². The SMILES string of the molecule is Cn1c(CCc2ccccc2F)nc2cc(Br)ccc21. The minimum atomic E-state index is -0.144. The van der Waals surface area contributed by atoms with E-state index >= 15 is 0 Å². The fraction of sp³-hybridized carbons (Fsp3) is 0.188. The molecule has 0 atom stereocenters. The van der Waals surface area contributed by atoms with E-state index in [2.05, 4.69) is 25.5 Å². The first-order valence-corrected chi connectivity index (χ1v) is 7.29. The van der Waals surface area contributed by atoms with Gasteiger partial charge in [0, 0.05) is 17.9 Å². The van der Waals surface area contributed by atoms with Crippen LogP contribution >= 0.6 is 15.9 Å². The number of benzene rings is 2. The third-order valence-corrected chi connectivity index (χ3v) is 4.00. The normalized spacial score (nSPS) is 11.2. The number of rotatable bonds is 3. The van der Waals surface area contributed by atoms with Gasteiger partial charge < -0.3 is 4.57 Å². The summed E-state index contributed by atoms with van der Waals surface area (Å²) in [5, 5.41) is 0. The minimum absolute atomic E-state index is 0.144. The highest BCUT2D eigenvalue weighted by Crippen LogP contribution is 2.21. The molecule has 2 nitrogen and oxygen atoms in total. The van der Waals surface area contributed by atoms with Gasteiger partial charge in [0.05, 0.1) is 11.0 Å². The highest BCUT2D eigenvalue weighted by Gasteiger charge is 2.09. The Bertz CT molecular complexity index is 764. The summed E-state index contributed by atoms with van der Waals surface area (Å²) in [4.78, 5) is 4.63. The van der Waals surface area contributed by atoms with Crippen molar-refractivity contribution in [3.05, 3.63) is 64.1 Å². The summed E-state index contributed by atoms with van der Waals surface area (Å²) in [5.41, 5.74) is 2.79. The van der Waals surface area contributed by atoms with E-state index < -0.39 is 0 Å². The van der Waals surface area contributed by atoms with Gasteiger partial charge in [0.25, 0.3) is 0 Å². The van der Waals surface area contributed by atoms with Crippen LogP contribution in [0.4, 0.5) is 4.39 Å². The number of aromatic nitrogens is 2. The third kappa shape index (κ3) is 2.48. The zero-order valence-electron chi connectivity index (χ0n) is 11.1. The highest BCUT2D eigenvalue weighted by molar-refractivity contribution is 9.10. The lowest BCUT2D eigenvalue weighted by Gasteiger charge is -2.04. The fourth-order valence-electron chi connectivity index (χ4n) is 2.39. The Hall–Kier alpha value is -1.68. The van der Waals surface area contributed by atoms with E-state index in [1.54, 1.807) is 6.07 Å². The van der Waals surface area contributed by atoms with Gasteiger partial charge in [-0.1, -0.05) is 34.1 Å². The molecule has 0 bridgehead atoms. The molecule has 0 spiro atoms. The molecule has 1 heterocycles. The molecule has 0 saturated carbocycles. The van der Waals surface area contributed by atoms with Crippen molar-refractivity contribution >= 4 is 27.0 Å². The molecule has 2 aromatic carbocycles. The predicted octanol–water partition coefficient (Wildman–Crippen LogP) is 4.26. The quantitative estimate of drug-likeness (QED) is 0.700. The maximum absolute atomic E-state index is 13.6. The Morgan fingerprint density at radius 1 is 1.15 bits per heavy atom. The van der Waals surface area contributed by atoms with Gasteiger partial charge in [-0.15, -0.1) is 0 Å². The van der Waals surface area contributed by atoms with Crippen molar-refractivity contribution in [1.29, 1.82) is 0 Å². The number of hydrogen-bond acceptors (Lipinski definition) is 1. The molecule has 4 heteroatoms. The average molecular weight is 333 g/mol. The number of nitrogens with zero attached hydrogens (tertiary/aromatic N) is 2. The van der Waals surface area contributed by atoms with Crippen LogP contribution < -0.4 is 0 Å². The van der Waals surface area contributed by atoms with Gasteiger partial charge >= 0.3 is 0 Å². The van der Waals surface area contributed by atoms with Crippen LogP contribution in [0.15, 0.2) is 46.9 Å². The van der Waals surface area contributed by atoms with Crippen LogP contribution in [-0.2, 0) is 19.9 Å². The van der Waals surface area contributed by atoms with E-state index in [0.29, 0.717) is 6.42 Å². The summed E-state index contributed by atoms with van der Waals surface area (Å²) < 4.78 is 16.7. The molecule has 0 amide bonds. The number of halogens is 2. The van der Waals surface area contributed by atoms with Crippen LogP contribution in [0.2, 0.25) is 0 Å². The van der Waals surface area contributed by atoms with Crippen molar-refractivity contribution in [2.24, 2.45) is 7.05 Å². The molecule has 0 radical (unpaired) electrons. The smallest absolute Gasteiger partial charge is 0.126 e. The average Bonchev–Trinajstić information content (AvgIpc) is 2.74. The molecule has 1 aromatic heterocycles. The zero-order chi connectivity index (χ0) is 14.1. The maximum Gasteiger partial charge on any atom is 0.126 e. The first kappa shape index (κ1) is 13.3. The molecule has 0 aliphatic heterocycles. The molecular formula is C16H14BrFN2. The summed E-state index contributed by atoms with van der Waals surface area (Å²) >= 11 is 3.45. The Morgan fingerprint density at radius 2 is 1.95 bits per heavy atom. The number of hydrogen-bond donors (Lipinski definition) is 0. The van der Waals surface area contributed by atoms with E-state index in [-0.39, 0.29) is 5.82 Å². The lowest BCUT2D eigenvalue weighted by Crippen LogP contribution is -2.01. The fourth-order valence-corrected chi connectivity index (χ4v) is 2.74. The largest absolute Gasteiger partial charge is 0.331 e. The van der Waals surface area contributed by atoms with Crippen LogP contribution in [0.5, 0.6) is 0 Å². The van der Waals surface area contributed by atoms with Gasteiger partial charge in [-0.25, -0.2) is 9.37 Å². The first-order chi connectivity index (χ1) is 9.65. The van der Waals surface area contributed by atoms with Crippen molar-refractivity contribution in [1.82, 2.24) is 9.55 Å². The lowest BCUT2D eigenvalue weighted by atomic mass is 10.1. The Labute approximate surface area is 125 Å². The van der Waals surface area contributed by atoms with Crippen molar-refractivity contribution < 1.29 is 4.39 Å². The molecule has 102 valence electrons. The summed E-state index contributed by atoms with van der Waals surface area (Å²) in [7, 11) is 2.00. The molecule has 0 fully saturated rings. The van der Waals surface area contributed by atoms with E-state index in [4.69, 9.17) is 0 Å². The number of imidazole rings is 1. The summed E-state index contributed by atoms with van der Waals surface area (Å²) in [6.07, 6.45) is 1.38. The molecule has 0 unspecified atom stereocenters. The monoisotopic (exact) mass is 332 g/mol. The van der Waals surface area contributed by atoms with Crippen LogP contribution in [0, 0.1) is 5.82 Å². The third-order valence-electron chi connectivity index (χ3n) is 3.51. The van der Waals surface area contributed by atoms with Crippen molar-refractivity contribution in [3.63, 3.8) is 0 Å². The molecule has 3 aromatic rings. The predicted molar refractivity (Wildman–Crippen MR) is 82.2 cm³/mol. The molecule has 0 saturated heterocycles.